The molecule has 0 amide bonds. The first-order chi connectivity index (χ1) is 7.70. The fourth-order valence-electron chi connectivity index (χ4n) is 2.45. The molecule has 2 nitrogen and oxygen atoms in total. The maximum absolute atomic E-state index is 9.36. The minimum Gasteiger partial charge on any atom is -0.506 e. The monoisotopic (exact) mass is 239 g/mol. The van der Waals surface area contributed by atoms with Crippen molar-refractivity contribution in [1.29, 1.82) is 0 Å². The molecule has 0 radical (unpaired) electrons. The topological polar surface area (TPSA) is 23.5 Å². The fraction of sp³-hybridized carbons (Fsp3) is 0.538. The van der Waals surface area contributed by atoms with Gasteiger partial charge in [-0.2, -0.15) is 0 Å². The first-order valence-electron chi connectivity index (χ1n) is 5.92. The van der Waals surface area contributed by atoms with Crippen LogP contribution >= 0.6 is 11.6 Å². The van der Waals surface area contributed by atoms with Gasteiger partial charge in [-0.05, 0) is 43.5 Å². The Kier molecular flexibility index (Phi) is 3.72. The Morgan fingerprint density at radius 2 is 2.31 bits per heavy atom. The molecule has 1 aromatic rings. The molecule has 0 spiro atoms. The summed E-state index contributed by atoms with van der Waals surface area (Å²) in [6.07, 6.45) is 3.82. The molecule has 16 heavy (non-hydrogen) atoms. The quantitative estimate of drug-likeness (QED) is 0.874. The maximum atomic E-state index is 9.36. The van der Waals surface area contributed by atoms with E-state index in [-0.39, 0.29) is 5.75 Å². The minimum atomic E-state index is 0.166. The lowest BCUT2D eigenvalue weighted by Crippen LogP contribution is -2.28. The zero-order valence-corrected chi connectivity index (χ0v) is 10.4. The molecule has 1 atom stereocenters. The normalized spacial score (nSPS) is 21.5. The molecule has 0 aliphatic carbocycles. The molecular formula is C13H18ClNO. The number of hydrogen-bond acceptors (Lipinski definition) is 2. The van der Waals surface area contributed by atoms with Gasteiger partial charge in [0.15, 0.2) is 0 Å². The van der Waals surface area contributed by atoms with Gasteiger partial charge < -0.3 is 5.11 Å². The zero-order chi connectivity index (χ0) is 11.5. The van der Waals surface area contributed by atoms with E-state index in [0.717, 1.165) is 6.54 Å². The number of phenolic OH excluding ortho intramolecular Hbond substituents is 1. The Morgan fingerprint density at radius 3 is 3.00 bits per heavy atom. The molecule has 1 N–H and O–H groups in total. The van der Waals surface area contributed by atoms with Crippen molar-refractivity contribution in [3.63, 3.8) is 0 Å². The van der Waals surface area contributed by atoms with Crippen molar-refractivity contribution >= 4 is 11.6 Å². The third-order valence-corrected chi connectivity index (χ3v) is 3.67. The number of likely N-dealkylation sites (tertiary alicyclic amines) is 1. The van der Waals surface area contributed by atoms with Gasteiger partial charge in [-0.25, -0.2) is 0 Å². The van der Waals surface area contributed by atoms with E-state index in [0.29, 0.717) is 11.1 Å². The highest BCUT2D eigenvalue weighted by molar-refractivity contribution is 6.32. The van der Waals surface area contributed by atoms with Gasteiger partial charge in [0.1, 0.15) is 5.75 Å². The summed E-state index contributed by atoms with van der Waals surface area (Å²) in [5.41, 5.74) is 1.18. The van der Waals surface area contributed by atoms with Gasteiger partial charge in [0, 0.05) is 12.6 Å². The van der Waals surface area contributed by atoms with Gasteiger partial charge in [-0.1, -0.05) is 24.6 Å². The summed E-state index contributed by atoms with van der Waals surface area (Å²) in [7, 11) is 0. The predicted molar refractivity (Wildman–Crippen MR) is 66.8 cm³/mol. The van der Waals surface area contributed by atoms with Crippen LogP contribution in [0.2, 0.25) is 5.02 Å². The Labute approximate surface area is 102 Å². The number of hydrogen-bond donors (Lipinski definition) is 1. The van der Waals surface area contributed by atoms with Crippen LogP contribution in [0.4, 0.5) is 0 Å². The Hall–Kier alpha value is -0.730. The largest absolute Gasteiger partial charge is 0.506 e. The second-order valence-electron chi connectivity index (χ2n) is 4.46. The second kappa shape index (κ2) is 5.07. The average Bonchev–Trinajstić information content (AvgIpc) is 2.71. The third-order valence-electron chi connectivity index (χ3n) is 3.37. The van der Waals surface area contributed by atoms with E-state index in [1.807, 2.05) is 12.1 Å². The summed E-state index contributed by atoms with van der Waals surface area (Å²) in [6, 6.07) is 6.20. The highest BCUT2D eigenvalue weighted by atomic mass is 35.5. The van der Waals surface area contributed by atoms with Crippen LogP contribution in [0.15, 0.2) is 18.2 Å². The van der Waals surface area contributed by atoms with E-state index in [9.17, 15) is 5.11 Å². The molecule has 1 fully saturated rings. The van der Waals surface area contributed by atoms with Gasteiger partial charge in [-0.3, -0.25) is 4.90 Å². The van der Waals surface area contributed by atoms with Crippen molar-refractivity contribution in [3.05, 3.63) is 28.8 Å². The van der Waals surface area contributed by atoms with Crippen molar-refractivity contribution in [2.24, 2.45) is 0 Å². The van der Waals surface area contributed by atoms with Crippen LogP contribution in [0.5, 0.6) is 5.75 Å². The number of aromatic hydroxyl groups is 1. The summed E-state index contributed by atoms with van der Waals surface area (Å²) in [6.45, 7) is 4.36. The Bertz CT molecular complexity index is 367. The van der Waals surface area contributed by atoms with E-state index in [4.69, 9.17) is 11.6 Å². The van der Waals surface area contributed by atoms with Crippen LogP contribution in [0.1, 0.15) is 31.7 Å². The van der Waals surface area contributed by atoms with Crippen LogP contribution in [-0.2, 0) is 6.54 Å². The lowest BCUT2D eigenvalue weighted by atomic mass is 10.1. The maximum Gasteiger partial charge on any atom is 0.134 e. The molecule has 88 valence electrons. The summed E-state index contributed by atoms with van der Waals surface area (Å²) in [5, 5.41) is 9.81. The van der Waals surface area contributed by atoms with Crippen molar-refractivity contribution < 1.29 is 5.11 Å². The standard InChI is InChI=1S/C13H18ClNO/c1-2-11-4-3-7-15(11)9-10-5-6-13(16)12(14)8-10/h5-6,8,11,16H,2-4,7,9H2,1H3. The summed E-state index contributed by atoms with van der Waals surface area (Å²) in [5.74, 6) is 0.166. The molecule has 1 saturated heterocycles. The molecule has 1 heterocycles. The lowest BCUT2D eigenvalue weighted by molar-refractivity contribution is 0.240. The van der Waals surface area contributed by atoms with E-state index in [1.165, 1.54) is 31.4 Å². The van der Waals surface area contributed by atoms with Crippen LogP contribution in [-0.4, -0.2) is 22.6 Å². The fourth-order valence-corrected chi connectivity index (χ4v) is 2.65. The number of nitrogens with zero attached hydrogens (tertiary/aromatic N) is 1. The predicted octanol–water partition coefficient (Wildman–Crippen LogP) is 3.42. The second-order valence-corrected chi connectivity index (χ2v) is 4.87. The van der Waals surface area contributed by atoms with Gasteiger partial charge in [-0.15, -0.1) is 0 Å². The molecule has 0 aromatic heterocycles. The van der Waals surface area contributed by atoms with Crippen molar-refractivity contribution in [3.8, 4) is 5.75 Å². The SMILES string of the molecule is CCC1CCCN1Cc1ccc(O)c(Cl)c1. The van der Waals surface area contributed by atoms with Crippen molar-refractivity contribution in [1.82, 2.24) is 4.90 Å². The summed E-state index contributed by atoms with van der Waals surface area (Å²) < 4.78 is 0. The molecule has 0 bridgehead atoms. The van der Waals surface area contributed by atoms with Crippen molar-refractivity contribution in [2.75, 3.05) is 6.54 Å². The minimum absolute atomic E-state index is 0.166. The van der Waals surface area contributed by atoms with Gasteiger partial charge in [0.2, 0.25) is 0 Å². The smallest absolute Gasteiger partial charge is 0.134 e. The number of phenols is 1. The van der Waals surface area contributed by atoms with Crippen LogP contribution in [0, 0.1) is 0 Å². The third kappa shape index (κ3) is 2.50. The highest BCUT2D eigenvalue weighted by Gasteiger charge is 2.22. The molecule has 1 aliphatic heterocycles. The van der Waals surface area contributed by atoms with E-state index >= 15 is 0 Å². The first-order valence-corrected chi connectivity index (χ1v) is 6.30. The molecule has 3 heteroatoms. The van der Waals surface area contributed by atoms with Gasteiger partial charge in [0.25, 0.3) is 0 Å². The first kappa shape index (κ1) is 11.7. The van der Waals surface area contributed by atoms with E-state index in [2.05, 4.69) is 11.8 Å². The van der Waals surface area contributed by atoms with Crippen LogP contribution < -0.4 is 0 Å². The molecule has 1 aliphatic rings. The molecule has 1 aromatic carbocycles. The summed E-state index contributed by atoms with van der Waals surface area (Å²) in [4.78, 5) is 2.50. The zero-order valence-electron chi connectivity index (χ0n) is 9.62. The average molecular weight is 240 g/mol. The number of rotatable bonds is 3. The Morgan fingerprint density at radius 1 is 1.50 bits per heavy atom. The van der Waals surface area contributed by atoms with Crippen molar-refractivity contribution in [2.45, 2.75) is 38.8 Å². The molecule has 1 unspecified atom stereocenters. The molecule has 2 rings (SSSR count). The van der Waals surface area contributed by atoms with Gasteiger partial charge in [0.05, 0.1) is 5.02 Å². The highest BCUT2D eigenvalue weighted by Crippen LogP contribution is 2.27. The Balaban J connectivity index is 2.05. The molecule has 0 saturated carbocycles. The van der Waals surface area contributed by atoms with E-state index < -0.39 is 0 Å². The van der Waals surface area contributed by atoms with E-state index in [1.54, 1.807) is 6.07 Å². The number of benzene rings is 1. The van der Waals surface area contributed by atoms with Gasteiger partial charge >= 0.3 is 0 Å². The van der Waals surface area contributed by atoms with Crippen LogP contribution in [0.25, 0.3) is 0 Å². The summed E-state index contributed by atoms with van der Waals surface area (Å²) >= 11 is 5.90. The van der Waals surface area contributed by atoms with Crippen LogP contribution in [0.3, 0.4) is 0 Å². The molecular weight excluding hydrogens is 222 g/mol. The number of halogens is 1. The lowest BCUT2D eigenvalue weighted by Gasteiger charge is -2.23.